The average Bonchev–Trinajstić information content (AvgIpc) is 1.96. The molecule has 0 aromatic carbocycles. The maximum atomic E-state index is 12.6. The topological polar surface area (TPSA) is 38.3 Å². The first-order chi connectivity index (χ1) is 7.43. The molecule has 1 N–H and O–H groups in total. The van der Waals surface area contributed by atoms with E-state index in [0.717, 1.165) is 0 Å². The number of carbonyl (C=O) groups excluding carboxylic acids is 1. The van der Waals surface area contributed by atoms with Crippen molar-refractivity contribution in [3.8, 4) is 0 Å². The third-order valence-corrected chi connectivity index (χ3v) is 1.86. The first kappa shape index (κ1) is 20.8. The molecule has 0 aromatic rings. The number of amides is 1. The standard InChI is InChI=1S/C10H18BF3NO2.K/c1-7(2)8(11(12,13)14)6-15-9(16)17-10(3,4)5;/h6H2,1-5H3,(H,15,16);/q-1;+1. The summed E-state index contributed by atoms with van der Waals surface area (Å²) in [5.74, 6) is 0. The van der Waals surface area contributed by atoms with Crippen molar-refractivity contribution in [2.24, 2.45) is 0 Å². The Hall–Kier alpha value is 0.501. The molecule has 18 heavy (non-hydrogen) atoms. The molecule has 0 saturated carbocycles. The molecule has 3 nitrogen and oxygen atoms in total. The SMILES string of the molecule is CC(C)=C(CNC(=O)OC(C)(C)C)[B-](F)(F)F.[K+]. The Morgan fingerprint density at radius 2 is 1.67 bits per heavy atom. The monoisotopic (exact) mass is 291 g/mol. The number of allylic oxidation sites excluding steroid dienone is 1. The second-order valence-electron chi connectivity index (χ2n) is 4.96. The molecular weight excluding hydrogens is 273 g/mol. The third kappa shape index (κ3) is 9.43. The van der Waals surface area contributed by atoms with E-state index in [2.05, 4.69) is 5.32 Å². The van der Waals surface area contributed by atoms with Crippen molar-refractivity contribution >= 4 is 13.1 Å². The van der Waals surface area contributed by atoms with Gasteiger partial charge in [-0.25, -0.2) is 4.79 Å². The summed E-state index contributed by atoms with van der Waals surface area (Å²) < 4.78 is 42.6. The van der Waals surface area contributed by atoms with Crippen molar-refractivity contribution in [1.29, 1.82) is 0 Å². The number of halogens is 3. The molecule has 0 aromatic heterocycles. The van der Waals surface area contributed by atoms with E-state index in [1.54, 1.807) is 20.8 Å². The quantitative estimate of drug-likeness (QED) is 0.756. The van der Waals surface area contributed by atoms with Gasteiger partial charge in [0.05, 0.1) is 0 Å². The Morgan fingerprint density at radius 1 is 1.22 bits per heavy atom. The molecular formula is C10H18BF3KNO2. The van der Waals surface area contributed by atoms with Gasteiger partial charge in [-0.15, -0.1) is 11.0 Å². The van der Waals surface area contributed by atoms with Crippen LogP contribution in [0.2, 0.25) is 0 Å². The number of ether oxygens (including phenoxy) is 1. The molecule has 0 saturated heterocycles. The van der Waals surface area contributed by atoms with Crippen LogP contribution in [-0.4, -0.2) is 25.2 Å². The smallest absolute Gasteiger partial charge is 0.445 e. The molecule has 1 amide bonds. The van der Waals surface area contributed by atoms with Crippen LogP contribution in [-0.2, 0) is 4.74 Å². The summed E-state index contributed by atoms with van der Waals surface area (Å²) in [6.07, 6.45) is -0.851. The Labute approximate surface area is 148 Å². The average molecular weight is 291 g/mol. The zero-order chi connectivity index (χ0) is 13.9. The van der Waals surface area contributed by atoms with Crippen LogP contribution < -0.4 is 56.7 Å². The molecule has 0 aliphatic rings. The van der Waals surface area contributed by atoms with Crippen molar-refractivity contribution in [2.75, 3.05) is 6.54 Å². The van der Waals surface area contributed by atoms with Gasteiger partial charge in [0.2, 0.25) is 0 Å². The van der Waals surface area contributed by atoms with Crippen molar-refractivity contribution in [2.45, 2.75) is 40.2 Å². The van der Waals surface area contributed by atoms with Gasteiger partial charge in [0.25, 0.3) is 0 Å². The van der Waals surface area contributed by atoms with Crippen LogP contribution in [0.25, 0.3) is 0 Å². The molecule has 0 fully saturated rings. The molecule has 0 aliphatic heterocycles. The first-order valence-corrected chi connectivity index (χ1v) is 5.26. The van der Waals surface area contributed by atoms with Crippen molar-refractivity contribution in [3.05, 3.63) is 11.0 Å². The number of nitrogens with one attached hydrogen (secondary N) is 1. The Kier molecular flexibility index (Phi) is 9.18. The van der Waals surface area contributed by atoms with E-state index >= 15 is 0 Å². The van der Waals surface area contributed by atoms with Crippen molar-refractivity contribution in [3.63, 3.8) is 0 Å². The van der Waals surface area contributed by atoms with E-state index in [1.807, 2.05) is 0 Å². The molecule has 0 bridgehead atoms. The van der Waals surface area contributed by atoms with Gasteiger partial charge in [0, 0.05) is 6.54 Å². The van der Waals surface area contributed by atoms with Gasteiger partial charge in [-0.05, 0) is 34.6 Å². The van der Waals surface area contributed by atoms with Crippen LogP contribution >= 0.6 is 0 Å². The third-order valence-electron chi connectivity index (χ3n) is 1.86. The van der Waals surface area contributed by atoms with Crippen LogP contribution in [0, 0.1) is 0 Å². The maximum Gasteiger partial charge on any atom is 1.00 e. The van der Waals surface area contributed by atoms with Crippen molar-refractivity contribution in [1.82, 2.24) is 5.32 Å². The summed E-state index contributed by atoms with van der Waals surface area (Å²) in [6, 6.07) is 0. The van der Waals surface area contributed by atoms with Gasteiger partial charge < -0.3 is 23.0 Å². The van der Waals surface area contributed by atoms with E-state index in [4.69, 9.17) is 4.74 Å². The van der Waals surface area contributed by atoms with E-state index < -0.39 is 30.7 Å². The molecule has 100 valence electrons. The van der Waals surface area contributed by atoms with Crippen LogP contribution in [0.1, 0.15) is 34.6 Å². The van der Waals surface area contributed by atoms with Crippen molar-refractivity contribution < 1.29 is 73.9 Å². The fraction of sp³-hybridized carbons (Fsp3) is 0.700. The van der Waals surface area contributed by atoms with Crippen LogP contribution in [0.3, 0.4) is 0 Å². The summed E-state index contributed by atoms with van der Waals surface area (Å²) in [7, 11) is 0. The summed E-state index contributed by atoms with van der Waals surface area (Å²) in [5.41, 5.74) is -1.28. The zero-order valence-electron chi connectivity index (χ0n) is 11.7. The predicted molar refractivity (Wildman–Crippen MR) is 61.7 cm³/mol. The van der Waals surface area contributed by atoms with E-state index in [9.17, 15) is 17.7 Å². The van der Waals surface area contributed by atoms with E-state index in [0.29, 0.717) is 0 Å². The van der Waals surface area contributed by atoms with Crippen LogP contribution in [0.4, 0.5) is 17.7 Å². The minimum Gasteiger partial charge on any atom is -0.445 e. The van der Waals surface area contributed by atoms with Crippen LogP contribution in [0.5, 0.6) is 0 Å². The fourth-order valence-electron chi connectivity index (χ4n) is 1.10. The largest absolute Gasteiger partial charge is 1.00 e. The van der Waals surface area contributed by atoms with Gasteiger partial charge in [0.15, 0.2) is 0 Å². The maximum absolute atomic E-state index is 12.6. The van der Waals surface area contributed by atoms with Crippen LogP contribution in [0.15, 0.2) is 11.0 Å². The molecule has 0 spiro atoms. The number of rotatable bonds is 3. The summed E-state index contributed by atoms with van der Waals surface area (Å²) in [4.78, 5) is 11.2. The van der Waals surface area contributed by atoms with E-state index in [1.165, 1.54) is 13.8 Å². The Morgan fingerprint density at radius 3 is 1.94 bits per heavy atom. The Balaban J connectivity index is 0. The first-order valence-electron chi connectivity index (χ1n) is 5.26. The summed E-state index contributed by atoms with van der Waals surface area (Å²) in [5, 5.41) is 2.10. The minimum atomic E-state index is -5.08. The van der Waals surface area contributed by atoms with Gasteiger partial charge in [-0.3, -0.25) is 0 Å². The molecule has 0 aliphatic carbocycles. The fourth-order valence-corrected chi connectivity index (χ4v) is 1.10. The minimum absolute atomic E-state index is 0. The zero-order valence-corrected chi connectivity index (χ0v) is 14.9. The second-order valence-corrected chi connectivity index (χ2v) is 4.96. The van der Waals surface area contributed by atoms with Gasteiger partial charge >= 0.3 is 64.5 Å². The molecule has 0 unspecified atom stereocenters. The van der Waals surface area contributed by atoms with Gasteiger partial charge in [-0.2, -0.15) is 0 Å². The second kappa shape index (κ2) is 7.94. The number of hydrogen-bond donors (Lipinski definition) is 1. The van der Waals surface area contributed by atoms with Gasteiger partial charge in [0.1, 0.15) is 5.60 Å². The summed E-state index contributed by atoms with van der Waals surface area (Å²) >= 11 is 0. The molecule has 8 heteroatoms. The molecule has 0 atom stereocenters. The Bertz CT molecular complexity index is 320. The normalized spacial score (nSPS) is 11.3. The number of hydrogen-bond acceptors (Lipinski definition) is 2. The summed E-state index contributed by atoms with van der Waals surface area (Å²) in [6.45, 7) is 2.01. The van der Waals surface area contributed by atoms with Gasteiger partial charge in [-0.1, -0.05) is 0 Å². The predicted octanol–water partition coefficient (Wildman–Crippen LogP) is 0.238. The number of carbonyl (C=O) groups is 1. The van der Waals surface area contributed by atoms with E-state index in [-0.39, 0.29) is 57.0 Å². The molecule has 0 rings (SSSR count). The molecule has 0 heterocycles. The number of alkyl carbamates (subject to hydrolysis) is 1. The molecule has 0 radical (unpaired) electrons.